The number of amides is 2. The van der Waals surface area contributed by atoms with E-state index < -0.39 is 0 Å². The van der Waals surface area contributed by atoms with Gasteiger partial charge in [-0.2, -0.15) is 4.98 Å². The molecule has 0 atom stereocenters. The van der Waals surface area contributed by atoms with Crippen LogP contribution >= 0.6 is 22.6 Å². The first-order valence-corrected chi connectivity index (χ1v) is 16.1. The van der Waals surface area contributed by atoms with Crippen molar-refractivity contribution in [3.05, 3.63) is 27.5 Å². The van der Waals surface area contributed by atoms with E-state index in [1.165, 1.54) is 6.20 Å². The Morgan fingerprint density at radius 1 is 0.791 bits per heavy atom. The van der Waals surface area contributed by atoms with Crippen LogP contribution in [0.3, 0.4) is 0 Å². The normalized spacial score (nSPS) is 22.0. The second-order valence-corrected chi connectivity index (χ2v) is 13.1. The first kappa shape index (κ1) is 32.8. The van der Waals surface area contributed by atoms with Gasteiger partial charge in [-0.15, -0.1) is 0 Å². The van der Waals surface area contributed by atoms with Crippen LogP contribution in [-0.4, -0.2) is 40.5 Å². The lowest BCUT2D eigenvalue weighted by Gasteiger charge is -2.26. The molecule has 0 unspecified atom stereocenters. The average Bonchev–Trinajstić information content (AvgIpc) is 2.98. The van der Waals surface area contributed by atoms with Gasteiger partial charge < -0.3 is 14.8 Å². The van der Waals surface area contributed by atoms with E-state index >= 15 is 0 Å². The van der Waals surface area contributed by atoms with Gasteiger partial charge in [-0.05, 0) is 106 Å². The largest absolute Gasteiger partial charge is 0.496 e. The molecule has 2 fully saturated rings. The van der Waals surface area contributed by atoms with Crippen LogP contribution in [0.5, 0.6) is 17.2 Å². The van der Waals surface area contributed by atoms with Crippen LogP contribution in [0.15, 0.2) is 18.3 Å². The summed E-state index contributed by atoms with van der Waals surface area (Å²) in [6, 6.07) is 3.81. The van der Waals surface area contributed by atoms with Gasteiger partial charge in [0.05, 0.1) is 16.9 Å². The summed E-state index contributed by atoms with van der Waals surface area (Å²) in [5, 5.41) is 5.73. The maximum Gasteiger partial charge on any atom is 0.231 e. The summed E-state index contributed by atoms with van der Waals surface area (Å²) in [6.45, 7) is 7.30. The van der Waals surface area contributed by atoms with Crippen LogP contribution in [0.1, 0.15) is 90.5 Å². The molecule has 0 bridgehead atoms. The second-order valence-electron chi connectivity index (χ2n) is 12.0. The van der Waals surface area contributed by atoms with E-state index in [9.17, 15) is 19.2 Å². The molecule has 11 heteroatoms. The molecular weight excluding hydrogens is 663 g/mol. The van der Waals surface area contributed by atoms with Crippen molar-refractivity contribution in [1.29, 1.82) is 0 Å². The maximum absolute atomic E-state index is 13.4. The molecule has 0 saturated heterocycles. The summed E-state index contributed by atoms with van der Waals surface area (Å²) in [6.07, 6.45) is 6.65. The number of hydrogen-bond donors (Lipinski definition) is 2. The first-order valence-electron chi connectivity index (χ1n) is 15.0. The molecule has 4 rings (SSSR count). The maximum atomic E-state index is 13.4. The van der Waals surface area contributed by atoms with Crippen LogP contribution in [0.2, 0.25) is 0 Å². The minimum Gasteiger partial charge on any atom is -0.496 e. The molecule has 0 aliphatic heterocycles. The van der Waals surface area contributed by atoms with Crippen LogP contribution in [0, 0.1) is 27.2 Å². The van der Waals surface area contributed by atoms with Crippen LogP contribution in [-0.2, 0) is 19.2 Å². The van der Waals surface area contributed by atoms with Gasteiger partial charge in [0.15, 0.2) is 11.6 Å². The number of Topliss-reactive ketones (excluding diaryl/α,β-unsaturated/α-hetero) is 2. The molecule has 43 heavy (non-hydrogen) atoms. The lowest BCUT2D eigenvalue weighted by molar-refractivity contribution is -0.125. The molecule has 1 aromatic heterocycles. The molecule has 2 aliphatic carbocycles. The van der Waals surface area contributed by atoms with Crippen LogP contribution in [0.4, 0.5) is 11.8 Å². The number of benzene rings is 1. The van der Waals surface area contributed by atoms with Gasteiger partial charge in [0.1, 0.15) is 23.1 Å². The Hall–Kier alpha value is -3.09. The number of hydrogen-bond acceptors (Lipinski definition) is 8. The van der Waals surface area contributed by atoms with E-state index in [2.05, 4.69) is 43.2 Å². The number of aromatic nitrogens is 2. The number of nitrogens with one attached hydrogen (secondary N) is 2. The molecule has 2 amide bonds. The molecular formula is C32H41IN4O6. The minimum absolute atomic E-state index is 0.00122. The van der Waals surface area contributed by atoms with Crippen LogP contribution < -0.4 is 20.1 Å². The average molecular weight is 705 g/mol. The molecule has 1 heterocycles. The van der Waals surface area contributed by atoms with Crippen molar-refractivity contribution in [1.82, 2.24) is 9.97 Å². The third-order valence-electron chi connectivity index (χ3n) is 8.70. The number of anilines is 2. The highest BCUT2D eigenvalue weighted by Crippen LogP contribution is 2.39. The fourth-order valence-corrected chi connectivity index (χ4v) is 6.57. The predicted octanol–water partition coefficient (Wildman–Crippen LogP) is 6.67. The lowest BCUT2D eigenvalue weighted by atomic mass is 9.80. The zero-order chi connectivity index (χ0) is 31.3. The van der Waals surface area contributed by atoms with Crippen molar-refractivity contribution < 1.29 is 28.7 Å². The van der Waals surface area contributed by atoms with Crippen molar-refractivity contribution in [2.75, 3.05) is 17.7 Å². The lowest BCUT2D eigenvalue weighted by Crippen LogP contribution is -2.30. The van der Waals surface area contributed by atoms with Crippen molar-refractivity contribution in [2.45, 2.75) is 85.0 Å². The molecule has 2 aromatic rings. The summed E-state index contributed by atoms with van der Waals surface area (Å²) in [4.78, 5) is 58.9. The fourth-order valence-electron chi connectivity index (χ4n) is 5.92. The molecule has 2 saturated carbocycles. The van der Waals surface area contributed by atoms with E-state index in [1.807, 2.05) is 26.0 Å². The number of carbonyl (C=O) groups excluding carboxylic acids is 4. The number of nitrogens with zero attached hydrogens (tertiary/aromatic N) is 2. The standard InChI is InChI=1S/C32H41IN4O6/c1-17(2)24-14-27(42-5)25(33)15-26(24)43-28-16-34-32(37-31(41)23-12-8-21(9-13-23)19(4)39)36-29(28)35-30(40)22-10-6-20(7-11-22)18(3)38/h14-17,20-23H,6-13H2,1-5H3,(H2,34,35,36,37,40,41). The van der Waals surface area contributed by atoms with E-state index in [4.69, 9.17) is 9.47 Å². The Balaban J connectivity index is 1.58. The summed E-state index contributed by atoms with van der Waals surface area (Å²) in [7, 11) is 1.62. The molecule has 0 radical (unpaired) electrons. The van der Waals surface area contributed by atoms with Crippen molar-refractivity contribution in [3.63, 3.8) is 0 Å². The summed E-state index contributed by atoms with van der Waals surface area (Å²) >= 11 is 2.18. The van der Waals surface area contributed by atoms with Crippen molar-refractivity contribution in [2.24, 2.45) is 23.7 Å². The summed E-state index contributed by atoms with van der Waals surface area (Å²) in [5.74, 6) is 1.33. The highest BCUT2D eigenvalue weighted by Gasteiger charge is 2.31. The predicted molar refractivity (Wildman–Crippen MR) is 171 cm³/mol. The molecule has 0 spiro atoms. The third kappa shape index (κ3) is 8.30. The van der Waals surface area contributed by atoms with Crippen LogP contribution in [0.25, 0.3) is 0 Å². The highest BCUT2D eigenvalue weighted by molar-refractivity contribution is 14.1. The number of rotatable bonds is 10. The topological polar surface area (TPSA) is 137 Å². The first-order chi connectivity index (χ1) is 20.5. The molecule has 10 nitrogen and oxygen atoms in total. The van der Waals surface area contributed by atoms with E-state index in [0.717, 1.165) is 14.9 Å². The van der Waals surface area contributed by atoms with Gasteiger partial charge in [0, 0.05) is 29.2 Å². The summed E-state index contributed by atoms with van der Waals surface area (Å²) < 4.78 is 12.7. The zero-order valence-corrected chi connectivity index (χ0v) is 27.7. The van der Waals surface area contributed by atoms with Gasteiger partial charge in [-0.25, -0.2) is 4.98 Å². The number of methoxy groups -OCH3 is 1. The number of ether oxygens (including phenoxy) is 2. The van der Waals surface area contributed by atoms with Crippen molar-refractivity contribution in [3.8, 4) is 17.2 Å². The van der Waals surface area contributed by atoms with Gasteiger partial charge in [-0.3, -0.25) is 24.5 Å². The number of halogens is 1. The minimum atomic E-state index is -0.263. The molecule has 2 aliphatic rings. The van der Waals surface area contributed by atoms with E-state index in [-0.39, 0.29) is 70.5 Å². The Bertz CT molecular complexity index is 1360. The second kappa shape index (κ2) is 14.6. The van der Waals surface area contributed by atoms with Gasteiger partial charge in [0.25, 0.3) is 0 Å². The monoisotopic (exact) mass is 704 g/mol. The fraction of sp³-hybridized carbons (Fsp3) is 0.562. The quantitative estimate of drug-likeness (QED) is 0.262. The number of ketones is 2. The van der Waals surface area contributed by atoms with Gasteiger partial charge in [-0.1, -0.05) is 13.8 Å². The molecule has 2 N–H and O–H groups in total. The molecule has 232 valence electrons. The Morgan fingerprint density at radius 2 is 1.30 bits per heavy atom. The third-order valence-corrected chi connectivity index (χ3v) is 9.55. The zero-order valence-electron chi connectivity index (χ0n) is 25.5. The smallest absolute Gasteiger partial charge is 0.231 e. The molecule has 1 aromatic carbocycles. The van der Waals surface area contributed by atoms with E-state index in [1.54, 1.807) is 21.0 Å². The number of carbonyl (C=O) groups is 4. The Labute approximate surface area is 266 Å². The SMILES string of the molecule is COc1cc(C(C)C)c(Oc2cnc(NC(=O)C3CCC(C(C)=O)CC3)nc2NC(=O)C2CCC(C(C)=O)CC2)cc1I. The van der Waals surface area contributed by atoms with E-state index in [0.29, 0.717) is 57.1 Å². The Kier molecular flexibility index (Phi) is 11.1. The summed E-state index contributed by atoms with van der Waals surface area (Å²) in [5.41, 5.74) is 0.913. The Morgan fingerprint density at radius 3 is 1.79 bits per heavy atom. The van der Waals surface area contributed by atoms with Gasteiger partial charge >= 0.3 is 0 Å². The highest BCUT2D eigenvalue weighted by atomic mass is 127. The van der Waals surface area contributed by atoms with Crippen molar-refractivity contribution >= 4 is 57.7 Å². The van der Waals surface area contributed by atoms with Gasteiger partial charge in [0.2, 0.25) is 17.8 Å².